The van der Waals surface area contributed by atoms with E-state index < -0.39 is 16.6 Å². The van der Waals surface area contributed by atoms with Crippen LogP contribution in [0.5, 0.6) is 0 Å². The first-order valence-corrected chi connectivity index (χ1v) is 15.1. The Bertz CT molecular complexity index is 456. The molecule has 1 rings (SSSR count). The van der Waals surface area contributed by atoms with Gasteiger partial charge in [-0.1, -0.05) is 47.6 Å². The van der Waals surface area contributed by atoms with Crippen LogP contribution in [0.3, 0.4) is 0 Å². The highest BCUT2D eigenvalue weighted by atomic mass is 28.4. The van der Waals surface area contributed by atoms with Gasteiger partial charge in [-0.25, -0.2) is 0 Å². The van der Waals surface area contributed by atoms with E-state index in [1.807, 2.05) is 0 Å². The van der Waals surface area contributed by atoms with E-state index in [0.717, 1.165) is 18.4 Å². The molecule has 0 radical (unpaired) electrons. The maximum absolute atomic E-state index is 9.69. The molecule has 24 heavy (non-hydrogen) atoms. The molecule has 0 saturated carbocycles. The van der Waals surface area contributed by atoms with Gasteiger partial charge in [-0.2, -0.15) is 0 Å². The van der Waals surface area contributed by atoms with Crippen LogP contribution < -0.4 is 0 Å². The summed E-state index contributed by atoms with van der Waals surface area (Å²) < 4.78 is 13.2. The fraction of sp³-hybridized carbons (Fsp3) is 0.895. The molecule has 0 aromatic heterocycles. The van der Waals surface area contributed by atoms with Gasteiger partial charge in [0, 0.05) is 6.42 Å². The highest BCUT2D eigenvalue weighted by Gasteiger charge is 2.42. The van der Waals surface area contributed by atoms with E-state index in [4.69, 9.17) is 8.85 Å². The van der Waals surface area contributed by atoms with Gasteiger partial charge in [-0.05, 0) is 48.3 Å². The second-order valence-corrected chi connectivity index (χ2v) is 19.9. The topological polar surface area (TPSA) is 38.7 Å². The Kier molecular flexibility index (Phi) is 6.77. The minimum Gasteiger partial charge on any atom is -0.414 e. The van der Waals surface area contributed by atoms with Gasteiger partial charge >= 0.3 is 0 Å². The van der Waals surface area contributed by atoms with E-state index in [0.29, 0.717) is 0 Å². The van der Waals surface area contributed by atoms with Crippen LogP contribution in [-0.4, -0.2) is 40.6 Å². The zero-order valence-corrected chi connectivity index (χ0v) is 19.6. The van der Waals surface area contributed by atoms with Crippen molar-refractivity contribution in [2.45, 2.75) is 103 Å². The van der Waals surface area contributed by atoms with E-state index in [2.05, 4.69) is 73.8 Å². The zero-order chi connectivity index (χ0) is 19.0. The summed E-state index contributed by atoms with van der Waals surface area (Å²) in [5.74, 6) is 0. The first-order valence-electron chi connectivity index (χ1n) is 9.25. The first kappa shape index (κ1) is 22.1. The van der Waals surface area contributed by atoms with E-state index >= 15 is 0 Å². The van der Waals surface area contributed by atoms with Gasteiger partial charge in [0.25, 0.3) is 0 Å². The molecule has 142 valence electrons. The lowest BCUT2D eigenvalue weighted by molar-refractivity contribution is 0.100. The average molecular weight is 373 g/mol. The molecule has 0 aromatic rings. The molecule has 0 spiro atoms. The van der Waals surface area contributed by atoms with Crippen molar-refractivity contribution in [2.24, 2.45) is 0 Å². The van der Waals surface area contributed by atoms with E-state index in [1.165, 1.54) is 0 Å². The fourth-order valence-electron chi connectivity index (χ4n) is 2.47. The SMILES string of the molecule is CC(C)(C)[Si](C)(C)O[C@@H]1CC(CO)=C[C@@H](O[Si](C)(C)C(C)(C)C)C1. The third-order valence-corrected chi connectivity index (χ3v) is 15.2. The molecule has 0 saturated heterocycles. The maximum atomic E-state index is 9.69. The number of hydrogen-bond donors (Lipinski definition) is 1. The van der Waals surface area contributed by atoms with Crippen molar-refractivity contribution in [3.05, 3.63) is 11.6 Å². The van der Waals surface area contributed by atoms with Crippen molar-refractivity contribution in [1.29, 1.82) is 0 Å². The second-order valence-electron chi connectivity index (χ2n) is 10.3. The van der Waals surface area contributed by atoms with Crippen LogP contribution in [-0.2, 0) is 8.85 Å². The van der Waals surface area contributed by atoms with Gasteiger partial charge in [0.2, 0.25) is 0 Å². The van der Waals surface area contributed by atoms with Crippen LogP contribution in [0.4, 0.5) is 0 Å². The quantitative estimate of drug-likeness (QED) is 0.513. The van der Waals surface area contributed by atoms with Gasteiger partial charge in [0.15, 0.2) is 16.6 Å². The lowest BCUT2D eigenvalue weighted by Gasteiger charge is -2.43. The predicted molar refractivity (Wildman–Crippen MR) is 109 cm³/mol. The van der Waals surface area contributed by atoms with Gasteiger partial charge in [-0.15, -0.1) is 0 Å². The van der Waals surface area contributed by atoms with Gasteiger partial charge in [0.05, 0.1) is 18.8 Å². The highest BCUT2D eigenvalue weighted by molar-refractivity contribution is 6.74. The number of aliphatic hydroxyl groups is 1. The molecular weight excluding hydrogens is 332 g/mol. The van der Waals surface area contributed by atoms with Crippen molar-refractivity contribution in [1.82, 2.24) is 0 Å². The largest absolute Gasteiger partial charge is 0.414 e. The molecule has 1 aliphatic carbocycles. The third-order valence-electron chi connectivity index (χ3n) is 6.13. The smallest absolute Gasteiger partial charge is 0.192 e. The molecule has 0 amide bonds. The van der Waals surface area contributed by atoms with Crippen molar-refractivity contribution in [2.75, 3.05) is 6.61 Å². The van der Waals surface area contributed by atoms with Crippen LogP contribution in [0.25, 0.3) is 0 Å². The van der Waals surface area contributed by atoms with Crippen LogP contribution >= 0.6 is 0 Å². The zero-order valence-electron chi connectivity index (χ0n) is 17.6. The van der Waals surface area contributed by atoms with Gasteiger partial charge in [0.1, 0.15) is 0 Å². The van der Waals surface area contributed by atoms with Crippen molar-refractivity contribution < 1.29 is 14.0 Å². The summed E-state index contributed by atoms with van der Waals surface area (Å²) in [4.78, 5) is 0. The van der Waals surface area contributed by atoms with Gasteiger partial charge < -0.3 is 14.0 Å². The van der Waals surface area contributed by atoms with Crippen LogP contribution in [0.1, 0.15) is 54.4 Å². The fourth-order valence-corrected chi connectivity index (χ4v) is 5.11. The highest BCUT2D eigenvalue weighted by Crippen LogP contribution is 2.41. The Hall–Kier alpha value is 0.0538. The standard InChI is InChI=1S/C19H40O3Si2/c1-18(2,3)23(7,8)21-16-11-15(14-20)12-17(13-16)22-24(9,10)19(4,5)6/h11,16-17,20H,12-14H2,1-10H3/t16-,17-/m1/s1. The Morgan fingerprint density at radius 2 is 1.42 bits per heavy atom. The minimum atomic E-state index is -1.83. The molecular formula is C19H40O3Si2. The summed E-state index contributed by atoms with van der Waals surface area (Å²) in [6.07, 6.45) is 4.11. The summed E-state index contributed by atoms with van der Waals surface area (Å²) in [7, 11) is -3.64. The normalized spacial score (nSPS) is 24.0. The molecule has 5 heteroatoms. The monoisotopic (exact) mass is 372 g/mol. The molecule has 3 nitrogen and oxygen atoms in total. The molecule has 0 heterocycles. The lowest BCUT2D eigenvalue weighted by Crippen LogP contribution is -2.48. The molecule has 0 fully saturated rings. The van der Waals surface area contributed by atoms with Crippen molar-refractivity contribution in [3.8, 4) is 0 Å². The van der Waals surface area contributed by atoms with E-state index in [9.17, 15) is 5.11 Å². The predicted octanol–water partition coefficient (Wildman–Crippen LogP) is 5.48. The summed E-state index contributed by atoms with van der Waals surface area (Å²) >= 11 is 0. The van der Waals surface area contributed by atoms with Crippen LogP contribution in [0.2, 0.25) is 36.3 Å². The molecule has 1 N–H and O–H groups in total. The summed E-state index contributed by atoms with van der Waals surface area (Å²) in [6, 6.07) is 0. The van der Waals surface area contributed by atoms with Crippen molar-refractivity contribution in [3.63, 3.8) is 0 Å². The Morgan fingerprint density at radius 3 is 1.83 bits per heavy atom. The summed E-state index contributed by atoms with van der Waals surface area (Å²) in [6.45, 7) is 22.9. The minimum absolute atomic E-state index is 0.0663. The second kappa shape index (κ2) is 7.35. The molecule has 0 bridgehead atoms. The van der Waals surface area contributed by atoms with E-state index in [1.54, 1.807) is 0 Å². The average Bonchev–Trinajstić information content (AvgIpc) is 2.34. The molecule has 2 atom stereocenters. The summed E-state index contributed by atoms with van der Waals surface area (Å²) in [5.41, 5.74) is 1.06. The number of aliphatic hydroxyl groups excluding tert-OH is 1. The number of rotatable bonds is 5. The maximum Gasteiger partial charge on any atom is 0.192 e. The Morgan fingerprint density at radius 1 is 0.958 bits per heavy atom. The molecule has 1 aliphatic rings. The van der Waals surface area contributed by atoms with Gasteiger partial charge in [-0.3, -0.25) is 0 Å². The Labute approximate surface area is 152 Å². The van der Waals surface area contributed by atoms with Crippen LogP contribution in [0.15, 0.2) is 11.6 Å². The lowest BCUT2D eigenvalue weighted by atomic mass is 9.95. The summed E-state index contributed by atoms with van der Waals surface area (Å²) in [5, 5.41) is 10.1. The third kappa shape index (κ3) is 5.53. The van der Waals surface area contributed by atoms with Crippen LogP contribution in [0, 0.1) is 0 Å². The first-order chi connectivity index (χ1) is 10.6. The molecule has 0 unspecified atom stereocenters. The molecule has 0 aromatic carbocycles. The Balaban J connectivity index is 2.91. The molecule has 0 aliphatic heterocycles. The number of hydrogen-bond acceptors (Lipinski definition) is 3. The van der Waals surface area contributed by atoms with Crippen molar-refractivity contribution >= 4 is 16.6 Å². The van der Waals surface area contributed by atoms with E-state index in [-0.39, 0.29) is 28.9 Å².